The highest BCUT2D eigenvalue weighted by Gasteiger charge is 2.19. The first kappa shape index (κ1) is 23.7. The van der Waals surface area contributed by atoms with Gasteiger partial charge in [-0.25, -0.2) is 19.9 Å². The van der Waals surface area contributed by atoms with Gasteiger partial charge in [0.15, 0.2) is 17.5 Å². The fraction of sp³-hybridized carbons (Fsp3) is 0. The number of nitrogens with zero attached hydrogens (tertiary/aromatic N) is 4. The van der Waals surface area contributed by atoms with Crippen LogP contribution in [0.4, 0.5) is 0 Å². The molecule has 43 heavy (non-hydrogen) atoms. The van der Waals surface area contributed by atoms with Gasteiger partial charge in [-0.15, -0.1) is 0 Å². The molecule has 0 atom stereocenters. The predicted octanol–water partition coefficient (Wildman–Crippen LogP) is 9.63. The zero-order chi connectivity index (χ0) is 28.3. The Bertz CT molecular complexity index is 2430. The third-order valence-electron chi connectivity index (χ3n) is 8.08. The molecule has 0 aliphatic carbocycles. The number of hydrogen-bond donors (Lipinski definition) is 0. The highest BCUT2D eigenvalue weighted by Crippen LogP contribution is 2.37. The van der Waals surface area contributed by atoms with Crippen molar-refractivity contribution in [1.29, 1.82) is 0 Å². The Kier molecular flexibility index (Phi) is 5.13. The van der Waals surface area contributed by atoms with Crippen LogP contribution in [0.1, 0.15) is 0 Å². The van der Waals surface area contributed by atoms with Crippen LogP contribution in [-0.4, -0.2) is 19.9 Å². The molecular formula is C38H22N4O. The van der Waals surface area contributed by atoms with Crippen LogP contribution in [0.25, 0.3) is 88.7 Å². The van der Waals surface area contributed by atoms with Gasteiger partial charge in [0.05, 0.1) is 5.52 Å². The fourth-order valence-electron chi connectivity index (χ4n) is 5.95. The number of benzene rings is 6. The minimum Gasteiger partial charge on any atom is -0.438 e. The molecule has 200 valence electrons. The number of rotatable bonds is 3. The SMILES string of the molecule is c1ccc2cc(-c3nc(-c4ccc5ccccc5c4)nc(-c4cccc5oc6nc7ccccc7cc6c45)n3)ccc2c1. The molecule has 0 amide bonds. The van der Waals surface area contributed by atoms with E-state index in [4.69, 9.17) is 24.4 Å². The maximum Gasteiger partial charge on any atom is 0.227 e. The lowest BCUT2D eigenvalue weighted by atomic mass is 10.0. The second-order valence-electron chi connectivity index (χ2n) is 10.7. The Morgan fingerprint density at radius 1 is 0.419 bits per heavy atom. The molecule has 0 spiro atoms. The van der Waals surface area contributed by atoms with Crippen molar-refractivity contribution in [2.45, 2.75) is 0 Å². The molecule has 0 fully saturated rings. The zero-order valence-corrected chi connectivity index (χ0v) is 22.9. The monoisotopic (exact) mass is 550 g/mol. The number of furan rings is 1. The van der Waals surface area contributed by atoms with Crippen LogP contribution >= 0.6 is 0 Å². The van der Waals surface area contributed by atoms with Crippen molar-refractivity contribution >= 4 is 54.5 Å². The minimum absolute atomic E-state index is 0.586. The van der Waals surface area contributed by atoms with E-state index in [1.54, 1.807) is 0 Å². The number of para-hydroxylation sites is 1. The summed E-state index contributed by atoms with van der Waals surface area (Å²) >= 11 is 0. The van der Waals surface area contributed by atoms with Gasteiger partial charge in [0.25, 0.3) is 0 Å². The van der Waals surface area contributed by atoms with Gasteiger partial charge in [-0.05, 0) is 51.9 Å². The molecular weight excluding hydrogens is 528 g/mol. The largest absolute Gasteiger partial charge is 0.438 e. The van der Waals surface area contributed by atoms with E-state index in [0.717, 1.165) is 54.7 Å². The van der Waals surface area contributed by atoms with Crippen LogP contribution in [-0.2, 0) is 0 Å². The summed E-state index contributed by atoms with van der Waals surface area (Å²) in [4.78, 5) is 20.0. The van der Waals surface area contributed by atoms with E-state index < -0.39 is 0 Å². The lowest BCUT2D eigenvalue weighted by molar-refractivity contribution is 0.656. The van der Waals surface area contributed by atoms with Crippen molar-refractivity contribution in [3.05, 3.63) is 133 Å². The molecule has 9 rings (SSSR count). The lowest BCUT2D eigenvalue weighted by Crippen LogP contribution is -2.00. The van der Waals surface area contributed by atoms with Crippen molar-refractivity contribution in [1.82, 2.24) is 19.9 Å². The first-order valence-corrected chi connectivity index (χ1v) is 14.2. The lowest BCUT2D eigenvalue weighted by Gasteiger charge is -2.10. The Morgan fingerprint density at radius 2 is 1.00 bits per heavy atom. The molecule has 0 radical (unpaired) electrons. The number of fused-ring (bicyclic) bond motifs is 6. The molecule has 3 heterocycles. The van der Waals surface area contributed by atoms with Crippen LogP contribution < -0.4 is 0 Å². The van der Waals surface area contributed by atoms with Gasteiger partial charge < -0.3 is 4.42 Å². The quantitative estimate of drug-likeness (QED) is 0.219. The maximum absolute atomic E-state index is 6.27. The molecule has 3 aromatic heterocycles. The third-order valence-corrected chi connectivity index (χ3v) is 8.08. The molecule has 0 N–H and O–H groups in total. The number of aromatic nitrogens is 4. The maximum atomic E-state index is 6.27. The molecule has 0 bridgehead atoms. The van der Waals surface area contributed by atoms with Crippen LogP contribution in [0.15, 0.2) is 138 Å². The summed E-state index contributed by atoms with van der Waals surface area (Å²) in [6.07, 6.45) is 0. The molecule has 5 heteroatoms. The molecule has 0 aliphatic heterocycles. The van der Waals surface area contributed by atoms with Crippen molar-refractivity contribution in [3.63, 3.8) is 0 Å². The molecule has 9 aromatic rings. The third kappa shape index (κ3) is 3.94. The zero-order valence-electron chi connectivity index (χ0n) is 22.9. The van der Waals surface area contributed by atoms with E-state index >= 15 is 0 Å². The molecule has 0 saturated carbocycles. The Balaban J connectivity index is 1.32. The highest BCUT2D eigenvalue weighted by atomic mass is 16.3. The summed E-state index contributed by atoms with van der Waals surface area (Å²) in [6, 6.07) is 45.6. The number of pyridine rings is 1. The summed E-state index contributed by atoms with van der Waals surface area (Å²) in [7, 11) is 0. The van der Waals surface area contributed by atoms with E-state index in [1.807, 2.05) is 42.5 Å². The summed E-state index contributed by atoms with van der Waals surface area (Å²) in [5, 5.41) is 7.54. The van der Waals surface area contributed by atoms with Gasteiger partial charge in [-0.3, -0.25) is 0 Å². The molecule has 0 unspecified atom stereocenters. The average Bonchev–Trinajstić information content (AvgIpc) is 3.44. The molecule has 5 nitrogen and oxygen atoms in total. The van der Waals surface area contributed by atoms with Crippen molar-refractivity contribution in [2.24, 2.45) is 0 Å². The first-order chi connectivity index (χ1) is 21.3. The van der Waals surface area contributed by atoms with Crippen LogP contribution in [0.2, 0.25) is 0 Å². The van der Waals surface area contributed by atoms with Gasteiger partial charge in [0, 0.05) is 32.8 Å². The normalized spacial score (nSPS) is 11.7. The van der Waals surface area contributed by atoms with Gasteiger partial charge in [-0.1, -0.05) is 103 Å². The molecule has 0 saturated heterocycles. The summed E-state index contributed by atoms with van der Waals surface area (Å²) in [5.41, 5.74) is 4.98. The summed E-state index contributed by atoms with van der Waals surface area (Å²) in [6.45, 7) is 0. The summed E-state index contributed by atoms with van der Waals surface area (Å²) < 4.78 is 6.27. The first-order valence-electron chi connectivity index (χ1n) is 14.2. The molecule has 6 aromatic carbocycles. The van der Waals surface area contributed by atoms with Gasteiger partial charge in [0.2, 0.25) is 5.71 Å². The predicted molar refractivity (Wildman–Crippen MR) is 174 cm³/mol. The number of hydrogen-bond acceptors (Lipinski definition) is 5. The van der Waals surface area contributed by atoms with Crippen molar-refractivity contribution < 1.29 is 4.42 Å². The van der Waals surface area contributed by atoms with E-state index in [0.29, 0.717) is 23.2 Å². The van der Waals surface area contributed by atoms with Gasteiger partial charge in [0.1, 0.15) is 5.58 Å². The topological polar surface area (TPSA) is 64.7 Å². The minimum atomic E-state index is 0.586. The van der Waals surface area contributed by atoms with Gasteiger partial charge in [-0.2, -0.15) is 0 Å². The molecule has 0 aliphatic rings. The Morgan fingerprint density at radius 3 is 1.67 bits per heavy atom. The summed E-state index contributed by atoms with van der Waals surface area (Å²) in [5.74, 6) is 1.82. The van der Waals surface area contributed by atoms with E-state index in [2.05, 4.69) is 91.0 Å². The van der Waals surface area contributed by atoms with E-state index in [-0.39, 0.29) is 0 Å². The van der Waals surface area contributed by atoms with Crippen LogP contribution in [0.5, 0.6) is 0 Å². The Hall–Kier alpha value is -5.94. The van der Waals surface area contributed by atoms with Crippen molar-refractivity contribution in [2.75, 3.05) is 0 Å². The standard InChI is InChI=1S/C38H22N4O/c1-3-10-25-20-28(18-16-23(25)8-1)35-40-36(29-19-17-24-9-2-4-11-26(24)21-29)42-37(41-35)30-13-7-15-33-34(30)31-22-27-12-5-6-14-32(27)39-38(31)43-33/h1-22H. The van der Waals surface area contributed by atoms with Crippen molar-refractivity contribution in [3.8, 4) is 34.2 Å². The van der Waals surface area contributed by atoms with E-state index in [1.165, 1.54) is 10.8 Å². The van der Waals surface area contributed by atoms with Gasteiger partial charge >= 0.3 is 0 Å². The average molecular weight is 551 g/mol. The Labute approximate surface area is 246 Å². The van der Waals surface area contributed by atoms with E-state index in [9.17, 15) is 0 Å². The van der Waals surface area contributed by atoms with Crippen LogP contribution in [0, 0.1) is 0 Å². The fourth-order valence-corrected chi connectivity index (χ4v) is 5.95. The smallest absolute Gasteiger partial charge is 0.227 e. The highest BCUT2D eigenvalue weighted by molar-refractivity contribution is 6.13. The second-order valence-corrected chi connectivity index (χ2v) is 10.7. The second kappa shape index (κ2) is 9.29. The van der Waals surface area contributed by atoms with Crippen LogP contribution in [0.3, 0.4) is 0 Å².